The zero-order valence-electron chi connectivity index (χ0n) is 10.0. The van der Waals surface area contributed by atoms with E-state index >= 15 is 0 Å². The molecule has 0 amide bonds. The molecule has 82 valence electrons. The van der Waals surface area contributed by atoms with Crippen molar-refractivity contribution in [2.75, 3.05) is 6.54 Å². The Morgan fingerprint density at radius 3 is 2.73 bits per heavy atom. The molecule has 1 N–H and O–H groups in total. The fourth-order valence-electron chi connectivity index (χ4n) is 2.34. The van der Waals surface area contributed by atoms with Crippen LogP contribution in [-0.2, 0) is 0 Å². The lowest BCUT2D eigenvalue weighted by atomic mass is 9.93. The van der Waals surface area contributed by atoms with Crippen LogP contribution in [0.5, 0.6) is 0 Å². The van der Waals surface area contributed by atoms with Gasteiger partial charge in [0.15, 0.2) is 0 Å². The van der Waals surface area contributed by atoms with Crippen molar-refractivity contribution in [2.24, 2.45) is 0 Å². The fourth-order valence-corrected chi connectivity index (χ4v) is 2.34. The molecule has 0 saturated carbocycles. The highest BCUT2D eigenvalue weighted by Gasteiger charge is 2.18. The molecule has 1 unspecified atom stereocenters. The van der Waals surface area contributed by atoms with Gasteiger partial charge in [0.05, 0.1) is 0 Å². The Morgan fingerprint density at radius 1 is 1.33 bits per heavy atom. The van der Waals surface area contributed by atoms with Gasteiger partial charge in [-0.05, 0) is 48.9 Å². The van der Waals surface area contributed by atoms with Gasteiger partial charge in [0, 0.05) is 6.04 Å². The quantitative estimate of drug-likeness (QED) is 0.775. The molecule has 1 heteroatoms. The summed E-state index contributed by atoms with van der Waals surface area (Å²) in [6.45, 7) is 7.92. The van der Waals surface area contributed by atoms with Crippen LogP contribution in [-0.4, -0.2) is 6.54 Å². The van der Waals surface area contributed by atoms with E-state index in [0.29, 0.717) is 12.0 Å². The first-order valence-corrected chi connectivity index (χ1v) is 6.02. The van der Waals surface area contributed by atoms with E-state index in [9.17, 15) is 0 Å². The summed E-state index contributed by atoms with van der Waals surface area (Å²) in [5, 5.41) is 3.58. The monoisotopic (exact) mass is 203 g/mol. The fraction of sp³-hybridized carbons (Fsp3) is 0.571. The lowest BCUT2D eigenvalue weighted by Gasteiger charge is -2.16. The Morgan fingerprint density at radius 2 is 2.13 bits per heavy atom. The summed E-state index contributed by atoms with van der Waals surface area (Å²) in [5.74, 6) is 0.630. The highest BCUT2D eigenvalue weighted by Crippen LogP contribution is 2.28. The molecule has 1 aliphatic heterocycles. The van der Waals surface area contributed by atoms with Crippen molar-refractivity contribution in [1.82, 2.24) is 5.32 Å². The van der Waals surface area contributed by atoms with Gasteiger partial charge >= 0.3 is 0 Å². The molecular formula is C14H21N. The Balaban J connectivity index is 2.31. The van der Waals surface area contributed by atoms with Gasteiger partial charge in [-0.25, -0.2) is 0 Å². The molecule has 1 saturated heterocycles. The van der Waals surface area contributed by atoms with Crippen LogP contribution < -0.4 is 5.32 Å². The maximum atomic E-state index is 3.58. The van der Waals surface area contributed by atoms with E-state index in [-0.39, 0.29) is 0 Å². The summed E-state index contributed by atoms with van der Waals surface area (Å²) < 4.78 is 0. The Hall–Kier alpha value is -0.820. The zero-order valence-corrected chi connectivity index (χ0v) is 10.0. The van der Waals surface area contributed by atoms with Crippen LogP contribution in [0, 0.1) is 6.92 Å². The number of aryl methyl sites for hydroxylation is 1. The van der Waals surface area contributed by atoms with E-state index in [1.807, 2.05) is 0 Å². The number of hydrogen-bond acceptors (Lipinski definition) is 1. The molecule has 1 aromatic rings. The topological polar surface area (TPSA) is 12.0 Å². The third-order valence-electron chi connectivity index (χ3n) is 3.41. The maximum Gasteiger partial charge on any atom is 0.0323 e. The maximum absolute atomic E-state index is 3.58. The first-order chi connectivity index (χ1) is 7.18. The summed E-state index contributed by atoms with van der Waals surface area (Å²) in [7, 11) is 0. The van der Waals surface area contributed by atoms with Crippen molar-refractivity contribution in [2.45, 2.75) is 45.6 Å². The van der Waals surface area contributed by atoms with Gasteiger partial charge in [-0.1, -0.05) is 32.0 Å². The van der Waals surface area contributed by atoms with Crippen LogP contribution in [0.4, 0.5) is 0 Å². The Bertz CT molecular complexity index is 335. The van der Waals surface area contributed by atoms with Gasteiger partial charge in [0.25, 0.3) is 0 Å². The molecule has 0 aromatic heterocycles. The number of hydrogen-bond donors (Lipinski definition) is 1. The van der Waals surface area contributed by atoms with Crippen molar-refractivity contribution < 1.29 is 0 Å². The van der Waals surface area contributed by atoms with Crippen LogP contribution >= 0.6 is 0 Å². The minimum absolute atomic E-state index is 0.601. The van der Waals surface area contributed by atoms with E-state index in [4.69, 9.17) is 0 Å². The minimum atomic E-state index is 0.601. The second-order valence-electron chi connectivity index (χ2n) is 4.92. The second-order valence-corrected chi connectivity index (χ2v) is 4.92. The molecular weight excluding hydrogens is 182 g/mol. The smallest absolute Gasteiger partial charge is 0.0323 e. The number of rotatable bonds is 2. The highest BCUT2D eigenvalue weighted by atomic mass is 14.9. The van der Waals surface area contributed by atoms with Crippen molar-refractivity contribution in [3.05, 3.63) is 34.9 Å². The summed E-state index contributed by atoms with van der Waals surface area (Å²) in [6, 6.07) is 7.52. The third-order valence-corrected chi connectivity index (χ3v) is 3.41. The average Bonchev–Trinajstić information content (AvgIpc) is 2.71. The SMILES string of the molecule is Cc1ccc(C(C)C)cc1C1CCCN1. The molecule has 1 aromatic carbocycles. The largest absolute Gasteiger partial charge is 0.310 e. The zero-order chi connectivity index (χ0) is 10.8. The molecule has 0 radical (unpaired) electrons. The van der Waals surface area contributed by atoms with Gasteiger partial charge in [0.2, 0.25) is 0 Å². The van der Waals surface area contributed by atoms with Gasteiger partial charge in [-0.15, -0.1) is 0 Å². The van der Waals surface area contributed by atoms with Gasteiger partial charge in [0.1, 0.15) is 0 Å². The van der Waals surface area contributed by atoms with Gasteiger partial charge < -0.3 is 5.32 Å². The number of benzene rings is 1. The molecule has 1 nitrogen and oxygen atoms in total. The van der Waals surface area contributed by atoms with E-state index in [2.05, 4.69) is 44.3 Å². The van der Waals surface area contributed by atoms with Crippen LogP contribution in [0.3, 0.4) is 0 Å². The van der Waals surface area contributed by atoms with Gasteiger partial charge in [-0.3, -0.25) is 0 Å². The summed E-state index contributed by atoms with van der Waals surface area (Å²) in [4.78, 5) is 0. The normalized spacial score (nSPS) is 21.2. The summed E-state index contributed by atoms with van der Waals surface area (Å²) >= 11 is 0. The molecule has 2 rings (SSSR count). The molecule has 0 aliphatic carbocycles. The standard InChI is InChI=1S/C14H21N/c1-10(2)12-7-6-11(3)13(9-12)14-5-4-8-15-14/h6-7,9-10,14-15H,4-5,8H2,1-3H3. The van der Waals surface area contributed by atoms with Crippen LogP contribution in [0.1, 0.15) is 55.3 Å². The van der Waals surface area contributed by atoms with Crippen molar-refractivity contribution in [3.63, 3.8) is 0 Å². The second kappa shape index (κ2) is 4.36. The first kappa shape index (κ1) is 10.7. The lowest BCUT2D eigenvalue weighted by Crippen LogP contribution is -2.14. The Labute approximate surface area is 92.9 Å². The van der Waals surface area contributed by atoms with E-state index < -0.39 is 0 Å². The van der Waals surface area contributed by atoms with Crippen molar-refractivity contribution in [1.29, 1.82) is 0 Å². The first-order valence-electron chi connectivity index (χ1n) is 6.02. The third kappa shape index (κ3) is 2.23. The Kier molecular flexibility index (Phi) is 3.11. The van der Waals surface area contributed by atoms with E-state index in [1.165, 1.54) is 36.1 Å². The van der Waals surface area contributed by atoms with Crippen LogP contribution in [0.2, 0.25) is 0 Å². The molecule has 1 aliphatic rings. The minimum Gasteiger partial charge on any atom is -0.310 e. The molecule has 1 fully saturated rings. The molecule has 0 spiro atoms. The van der Waals surface area contributed by atoms with Crippen molar-refractivity contribution >= 4 is 0 Å². The molecule has 1 atom stereocenters. The van der Waals surface area contributed by atoms with Gasteiger partial charge in [-0.2, -0.15) is 0 Å². The van der Waals surface area contributed by atoms with Crippen LogP contribution in [0.15, 0.2) is 18.2 Å². The van der Waals surface area contributed by atoms with Crippen molar-refractivity contribution in [3.8, 4) is 0 Å². The molecule has 1 heterocycles. The lowest BCUT2D eigenvalue weighted by molar-refractivity contribution is 0.641. The number of nitrogens with one attached hydrogen (secondary N) is 1. The predicted octanol–water partition coefficient (Wildman–Crippen LogP) is 3.54. The van der Waals surface area contributed by atoms with E-state index in [1.54, 1.807) is 0 Å². The summed E-state index contributed by atoms with van der Waals surface area (Å²) in [5.41, 5.74) is 4.40. The predicted molar refractivity (Wildman–Crippen MR) is 65.2 cm³/mol. The van der Waals surface area contributed by atoms with Crippen LogP contribution in [0.25, 0.3) is 0 Å². The molecule has 15 heavy (non-hydrogen) atoms. The summed E-state index contributed by atoms with van der Waals surface area (Å²) in [6.07, 6.45) is 2.61. The van der Waals surface area contributed by atoms with E-state index in [0.717, 1.165) is 0 Å². The highest BCUT2D eigenvalue weighted by molar-refractivity contribution is 5.35. The average molecular weight is 203 g/mol. The molecule has 0 bridgehead atoms.